The molecule has 0 radical (unpaired) electrons. The summed E-state index contributed by atoms with van der Waals surface area (Å²) in [4.78, 5) is 13.8. The van der Waals surface area contributed by atoms with Crippen LogP contribution in [-0.4, -0.2) is 44.7 Å². The molecule has 6 heteroatoms. The van der Waals surface area contributed by atoms with Gasteiger partial charge in [-0.05, 0) is 67.2 Å². The van der Waals surface area contributed by atoms with Crippen LogP contribution in [0.5, 0.6) is 0 Å². The highest BCUT2D eigenvalue weighted by Crippen LogP contribution is 2.23. The summed E-state index contributed by atoms with van der Waals surface area (Å²) in [6.45, 7) is 15.0. The normalized spacial score (nSPS) is 20.6. The van der Waals surface area contributed by atoms with Crippen LogP contribution in [0.2, 0.25) is 0 Å². The number of nitrogens with zero attached hydrogens (tertiary/aromatic N) is 1. The molecular weight excluding hydrogens is 300 g/mol. The van der Waals surface area contributed by atoms with E-state index in [9.17, 15) is 9.00 Å². The molecule has 1 aliphatic rings. The Hall–Kier alpha value is -0.620. The summed E-state index contributed by atoms with van der Waals surface area (Å²) >= 11 is 0. The van der Waals surface area contributed by atoms with Crippen LogP contribution in [0.4, 0.5) is 4.79 Å². The van der Waals surface area contributed by atoms with Crippen molar-refractivity contribution in [2.45, 2.75) is 77.7 Å². The highest BCUT2D eigenvalue weighted by Gasteiger charge is 2.31. The second-order valence-electron chi connectivity index (χ2n) is 8.09. The molecular formula is C16H32N2O3S. The number of likely N-dealkylation sites (tertiary alicyclic amines) is 1. The van der Waals surface area contributed by atoms with Crippen LogP contribution in [0, 0.1) is 5.92 Å². The molecule has 1 heterocycles. The van der Waals surface area contributed by atoms with E-state index in [0.717, 1.165) is 12.8 Å². The van der Waals surface area contributed by atoms with Gasteiger partial charge in [0, 0.05) is 19.1 Å². The van der Waals surface area contributed by atoms with Crippen molar-refractivity contribution < 1.29 is 13.7 Å². The third kappa shape index (κ3) is 6.24. The van der Waals surface area contributed by atoms with Gasteiger partial charge in [0.1, 0.15) is 5.60 Å². The minimum Gasteiger partial charge on any atom is -0.444 e. The fourth-order valence-electron chi connectivity index (χ4n) is 2.35. The van der Waals surface area contributed by atoms with E-state index in [4.69, 9.17) is 4.74 Å². The van der Waals surface area contributed by atoms with Gasteiger partial charge in [0.05, 0.1) is 15.7 Å². The maximum atomic E-state index is 12.2. The fraction of sp³-hybridized carbons (Fsp3) is 0.938. The van der Waals surface area contributed by atoms with Gasteiger partial charge in [-0.25, -0.2) is 13.7 Å². The van der Waals surface area contributed by atoms with E-state index < -0.39 is 16.6 Å². The van der Waals surface area contributed by atoms with E-state index in [1.807, 2.05) is 41.5 Å². The number of carbonyl (C=O) groups is 1. The van der Waals surface area contributed by atoms with Crippen LogP contribution >= 0.6 is 0 Å². The van der Waals surface area contributed by atoms with Crippen LogP contribution in [0.25, 0.3) is 0 Å². The highest BCUT2D eigenvalue weighted by atomic mass is 32.2. The van der Waals surface area contributed by atoms with Gasteiger partial charge in [-0.3, -0.25) is 0 Å². The first-order valence-electron chi connectivity index (χ1n) is 8.06. The average molecular weight is 333 g/mol. The Kier molecular flexibility index (Phi) is 6.45. The maximum Gasteiger partial charge on any atom is 0.410 e. The molecule has 0 spiro atoms. The van der Waals surface area contributed by atoms with Gasteiger partial charge in [0.25, 0.3) is 0 Å². The number of rotatable bonds is 3. The number of carbonyl (C=O) groups excluding carboxylic acids is 1. The summed E-state index contributed by atoms with van der Waals surface area (Å²) in [5, 5.41) is 0. The molecule has 0 bridgehead atoms. The third-order valence-corrected chi connectivity index (χ3v) is 5.45. The van der Waals surface area contributed by atoms with Crippen molar-refractivity contribution in [3.63, 3.8) is 0 Å². The van der Waals surface area contributed by atoms with Crippen LogP contribution in [0.3, 0.4) is 0 Å². The van der Waals surface area contributed by atoms with Crippen molar-refractivity contribution in [2.24, 2.45) is 5.92 Å². The number of ether oxygens (including phenoxy) is 1. The van der Waals surface area contributed by atoms with E-state index in [1.54, 1.807) is 4.90 Å². The summed E-state index contributed by atoms with van der Waals surface area (Å²) in [5.41, 5.74) is -0.452. The minimum atomic E-state index is -1.06. The zero-order valence-electron chi connectivity index (χ0n) is 15.1. The predicted molar refractivity (Wildman–Crippen MR) is 91.0 cm³/mol. The topological polar surface area (TPSA) is 58.6 Å². The predicted octanol–water partition coefficient (Wildman–Crippen LogP) is 3.07. The van der Waals surface area contributed by atoms with Crippen molar-refractivity contribution in [1.82, 2.24) is 9.62 Å². The molecule has 1 saturated heterocycles. The summed E-state index contributed by atoms with van der Waals surface area (Å²) in [7, 11) is -1.06. The lowest BCUT2D eigenvalue weighted by molar-refractivity contribution is 0.0174. The highest BCUT2D eigenvalue weighted by molar-refractivity contribution is 7.84. The first kappa shape index (κ1) is 19.4. The Morgan fingerprint density at radius 3 is 2.09 bits per heavy atom. The van der Waals surface area contributed by atoms with Gasteiger partial charge in [-0.1, -0.05) is 0 Å². The molecule has 2 atom stereocenters. The Morgan fingerprint density at radius 2 is 1.68 bits per heavy atom. The fourth-order valence-corrected chi connectivity index (χ4v) is 3.23. The molecule has 1 fully saturated rings. The Bertz CT molecular complexity index is 405. The number of nitrogens with one attached hydrogen (secondary N) is 1. The van der Waals surface area contributed by atoms with Crippen LogP contribution in [-0.2, 0) is 15.7 Å². The summed E-state index contributed by atoms with van der Waals surface area (Å²) < 4.78 is 20.5. The average Bonchev–Trinajstić information content (AvgIpc) is 2.35. The molecule has 0 aliphatic carbocycles. The van der Waals surface area contributed by atoms with Gasteiger partial charge in [0.15, 0.2) is 0 Å². The summed E-state index contributed by atoms with van der Waals surface area (Å²) in [6.07, 6.45) is 1.59. The standard InChI is InChI=1S/C16H32N2O3S/c1-12(17-22(20)16(5,6)7)13-8-10-18(11-9-13)14(19)21-15(2,3)4/h12-13,17H,8-11H2,1-7H3/t12?,22-/m0/s1. The molecule has 130 valence electrons. The third-order valence-electron chi connectivity index (χ3n) is 3.75. The van der Waals surface area contributed by atoms with Gasteiger partial charge in [-0.15, -0.1) is 0 Å². The number of piperidine rings is 1. The number of hydrogen-bond donors (Lipinski definition) is 1. The summed E-state index contributed by atoms with van der Waals surface area (Å²) in [5.74, 6) is 0.435. The molecule has 0 aromatic heterocycles. The Balaban J connectivity index is 2.45. The van der Waals surface area contributed by atoms with Gasteiger partial charge in [-0.2, -0.15) is 0 Å². The van der Waals surface area contributed by atoms with Crippen molar-refractivity contribution in [1.29, 1.82) is 0 Å². The SMILES string of the molecule is CC(N[S@@](=O)C(C)(C)C)C1CCN(C(=O)OC(C)(C)C)CC1. The van der Waals surface area contributed by atoms with Crippen molar-refractivity contribution >= 4 is 17.1 Å². The first-order valence-corrected chi connectivity index (χ1v) is 9.21. The maximum absolute atomic E-state index is 12.2. The van der Waals surface area contributed by atoms with Crippen molar-refractivity contribution in [3.05, 3.63) is 0 Å². The Labute approximate surface area is 137 Å². The largest absolute Gasteiger partial charge is 0.444 e. The molecule has 0 aromatic carbocycles. The van der Waals surface area contributed by atoms with Crippen molar-refractivity contribution in [3.8, 4) is 0 Å². The second kappa shape index (κ2) is 7.30. The Morgan fingerprint density at radius 1 is 1.18 bits per heavy atom. The van der Waals surface area contributed by atoms with E-state index >= 15 is 0 Å². The quantitative estimate of drug-likeness (QED) is 0.864. The molecule has 1 N–H and O–H groups in total. The summed E-state index contributed by atoms with van der Waals surface area (Å²) in [6, 6.07) is 0.181. The van der Waals surface area contributed by atoms with Gasteiger partial charge in [0.2, 0.25) is 0 Å². The minimum absolute atomic E-state index is 0.181. The second-order valence-corrected chi connectivity index (χ2v) is 10.1. The molecule has 1 aliphatic heterocycles. The lowest BCUT2D eigenvalue weighted by Gasteiger charge is -2.36. The van der Waals surface area contributed by atoms with Gasteiger partial charge < -0.3 is 9.64 Å². The zero-order valence-corrected chi connectivity index (χ0v) is 15.9. The lowest BCUT2D eigenvalue weighted by Crippen LogP contribution is -2.47. The first-order chi connectivity index (χ1) is 9.90. The smallest absolute Gasteiger partial charge is 0.410 e. The van der Waals surface area contributed by atoms with E-state index in [-0.39, 0.29) is 16.9 Å². The molecule has 22 heavy (non-hydrogen) atoms. The molecule has 5 nitrogen and oxygen atoms in total. The van der Waals surface area contributed by atoms with E-state index in [1.165, 1.54) is 0 Å². The monoisotopic (exact) mass is 332 g/mol. The molecule has 0 aromatic rings. The van der Waals surface area contributed by atoms with Crippen LogP contribution in [0.15, 0.2) is 0 Å². The zero-order chi connectivity index (χ0) is 17.1. The molecule has 1 unspecified atom stereocenters. The van der Waals surface area contributed by atoms with E-state index in [0.29, 0.717) is 19.0 Å². The number of hydrogen-bond acceptors (Lipinski definition) is 3. The number of amides is 1. The molecule has 1 rings (SSSR count). The van der Waals surface area contributed by atoms with E-state index in [2.05, 4.69) is 11.6 Å². The van der Waals surface area contributed by atoms with Crippen LogP contribution in [0.1, 0.15) is 61.3 Å². The van der Waals surface area contributed by atoms with Crippen LogP contribution < -0.4 is 4.72 Å². The molecule has 1 amide bonds. The van der Waals surface area contributed by atoms with Crippen molar-refractivity contribution in [2.75, 3.05) is 13.1 Å². The lowest BCUT2D eigenvalue weighted by atomic mass is 9.91. The van der Waals surface area contributed by atoms with Gasteiger partial charge >= 0.3 is 6.09 Å². The molecule has 0 saturated carbocycles.